The standard InChI is InChI=1S/C38H72N2O7/c1-30(2)24-20-16-12-8-6-10-14-18-22-26-33(28-35(42)39-32(5)37(44)40-34(29-41)38(45)46)47-36(43)27-23-19-15-11-7-9-13-17-21-25-31(3)4/h30-34,41H,6-29H2,1-5H3,(H,39,42)(H,40,44)(H,45,46)/t32-,33?,34-/m0/s1. The second-order valence-electron chi connectivity index (χ2n) is 14.5. The summed E-state index contributed by atoms with van der Waals surface area (Å²) >= 11 is 0. The van der Waals surface area contributed by atoms with Crippen LogP contribution >= 0.6 is 0 Å². The van der Waals surface area contributed by atoms with Crippen LogP contribution in [0.15, 0.2) is 0 Å². The molecule has 0 aromatic heterocycles. The van der Waals surface area contributed by atoms with Gasteiger partial charge in [0, 0.05) is 6.42 Å². The van der Waals surface area contributed by atoms with Gasteiger partial charge in [-0.05, 0) is 38.0 Å². The van der Waals surface area contributed by atoms with Crippen molar-refractivity contribution in [2.75, 3.05) is 6.61 Å². The second-order valence-corrected chi connectivity index (χ2v) is 14.5. The van der Waals surface area contributed by atoms with Gasteiger partial charge in [-0.25, -0.2) is 4.79 Å². The fraction of sp³-hybridized carbons (Fsp3) is 0.895. The Balaban J connectivity index is 4.55. The highest BCUT2D eigenvalue weighted by Gasteiger charge is 2.25. The zero-order valence-corrected chi connectivity index (χ0v) is 30.8. The maximum absolute atomic E-state index is 12.8. The molecule has 0 radical (unpaired) electrons. The van der Waals surface area contributed by atoms with E-state index in [1.54, 1.807) is 0 Å². The third-order valence-corrected chi connectivity index (χ3v) is 8.75. The minimum atomic E-state index is -1.44. The Morgan fingerprint density at radius 1 is 0.574 bits per heavy atom. The molecule has 0 spiro atoms. The van der Waals surface area contributed by atoms with Crippen LogP contribution < -0.4 is 10.6 Å². The lowest BCUT2D eigenvalue weighted by molar-refractivity contribution is -0.151. The van der Waals surface area contributed by atoms with E-state index >= 15 is 0 Å². The lowest BCUT2D eigenvalue weighted by Gasteiger charge is -2.20. The number of rotatable bonds is 32. The highest BCUT2D eigenvalue weighted by atomic mass is 16.5. The van der Waals surface area contributed by atoms with Gasteiger partial charge in [0.25, 0.3) is 0 Å². The van der Waals surface area contributed by atoms with Gasteiger partial charge < -0.3 is 25.6 Å². The number of carboxylic acids is 1. The minimum Gasteiger partial charge on any atom is -0.480 e. The first kappa shape index (κ1) is 44.8. The van der Waals surface area contributed by atoms with Crippen LogP contribution in [0.4, 0.5) is 0 Å². The number of aliphatic carboxylic acids is 1. The molecular formula is C38H72N2O7. The van der Waals surface area contributed by atoms with Crippen LogP contribution in [0.2, 0.25) is 0 Å². The Labute approximate surface area is 287 Å². The number of carbonyl (C=O) groups excluding carboxylic acids is 3. The van der Waals surface area contributed by atoms with Crippen molar-refractivity contribution in [1.82, 2.24) is 10.6 Å². The topological polar surface area (TPSA) is 142 Å². The van der Waals surface area contributed by atoms with Gasteiger partial charge in [-0.15, -0.1) is 0 Å². The number of aliphatic hydroxyl groups excluding tert-OH is 1. The molecule has 0 bridgehead atoms. The molecule has 0 rings (SSSR count). The van der Waals surface area contributed by atoms with Crippen molar-refractivity contribution in [3.05, 3.63) is 0 Å². The Bertz CT molecular complexity index is 818. The quantitative estimate of drug-likeness (QED) is 0.0418. The molecule has 0 saturated carbocycles. The van der Waals surface area contributed by atoms with Gasteiger partial charge in [0.1, 0.15) is 18.2 Å². The van der Waals surface area contributed by atoms with Crippen LogP contribution in [0.1, 0.15) is 182 Å². The van der Waals surface area contributed by atoms with Crippen molar-refractivity contribution < 1.29 is 34.1 Å². The number of nitrogens with one attached hydrogen (secondary N) is 2. The molecule has 4 N–H and O–H groups in total. The molecule has 0 fully saturated rings. The Morgan fingerprint density at radius 2 is 0.979 bits per heavy atom. The Kier molecular flexibility index (Phi) is 28.6. The summed E-state index contributed by atoms with van der Waals surface area (Å²) in [4.78, 5) is 48.9. The van der Waals surface area contributed by atoms with E-state index in [0.29, 0.717) is 12.8 Å². The third-order valence-electron chi connectivity index (χ3n) is 8.75. The number of amides is 2. The number of hydrogen-bond acceptors (Lipinski definition) is 6. The van der Waals surface area contributed by atoms with Gasteiger partial charge in [0.15, 0.2) is 0 Å². The van der Waals surface area contributed by atoms with Gasteiger partial charge in [0.2, 0.25) is 11.8 Å². The minimum absolute atomic E-state index is 0.0563. The van der Waals surface area contributed by atoms with E-state index in [-0.39, 0.29) is 12.4 Å². The van der Waals surface area contributed by atoms with Gasteiger partial charge in [-0.1, -0.05) is 143 Å². The predicted octanol–water partition coefficient (Wildman–Crippen LogP) is 8.25. The summed E-state index contributed by atoms with van der Waals surface area (Å²) in [6.45, 7) is 9.79. The largest absolute Gasteiger partial charge is 0.480 e. The number of unbranched alkanes of at least 4 members (excludes halogenated alkanes) is 16. The monoisotopic (exact) mass is 669 g/mol. The number of esters is 1. The molecule has 9 heteroatoms. The van der Waals surface area contributed by atoms with Crippen LogP contribution in [0.5, 0.6) is 0 Å². The number of carbonyl (C=O) groups is 4. The smallest absolute Gasteiger partial charge is 0.328 e. The summed E-state index contributed by atoms with van der Waals surface area (Å²) < 4.78 is 5.76. The third kappa shape index (κ3) is 28.6. The second kappa shape index (κ2) is 29.9. The number of aliphatic hydroxyl groups is 1. The molecule has 0 aromatic carbocycles. The van der Waals surface area contributed by atoms with Crippen molar-refractivity contribution in [3.63, 3.8) is 0 Å². The fourth-order valence-electron chi connectivity index (χ4n) is 5.72. The van der Waals surface area contributed by atoms with Gasteiger partial charge in [-0.2, -0.15) is 0 Å². The van der Waals surface area contributed by atoms with E-state index in [1.807, 2.05) is 0 Å². The van der Waals surface area contributed by atoms with E-state index in [1.165, 1.54) is 96.8 Å². The fourth-order valence-corrected chi connectivity index (χ4v) is 5.72. The van der Waals surface area contributed by atoms with E-state index < -0.39 is 42.6 Å². The Hall–Kier alpha value is -2.16. The van der Waals surface area contributed by atoms with Crippen molar-refractivity contribution >= 4 is 23.8 Å². The summed E-state index contributed by atoms with van der Waals surface area (Å²) in [5.41, 5.74) is 0. The van der Waals surface area contributed by atoms with Crippen molar-refractivity contribution in [1.29, 1.82) is 0 Å². The zero-order chi connectivity index (χ0) is 35.3. The molecule has 0 aliphatic rings. The maximum Gasteiger partial charge on any atom is 0.328 e. The van der Waals surface area contributed by atoms with E-state index in [2.05, 4.69) is 38.3 Å². The molecule has 9 nitrogen and oxygen atoms in total. The van der Waals surface area contributed by atoms with Gasteiger partial charge in [0.05, 0.1) is 13.0 Å². The molecule has 0 aromatic rings. The number of carboxylic acid groups (broad SMARTS) is 1. The average molecular weight is 669 g/mol. The molecule has 0 aliphatic heterocycles. The van der Waals surface area contributed by atoms with Crippen LogP contribution in [0, 0.1) is 11.8 Å². The lowest BCUT2D eigenvalue weighted by atomic mass is 10.0. The molecule has 0 saturated heterocycles. The summed E-state index contributed by atoms with van der Waals surface area (Å²) in [7, 11) is 0. The molecular weight excluding hydrogens is 596 g/mol. The summed E-state index contributed by atoms with van der Waals surface area (Å²) in [6, 6.07) is -2.45. The highest BCUT2D eigenvalue weighted by Crippen LogP contribution is 2.17. The van der Waals surface area contributed by atoms with Gasteiger partial charge in [-0.3, -0.25) is 14.4 Å². The zero-order valence-electron chi connectivity index (χ0n) is 30.8. The van der Waals surface area contributed by atoms with Gasteiger partial charge >= 0.3 is 11.9 Å². The van der Waals surface area contributed by atoms with Crippen molar-refractivity contribution in [2.45, 2.75) is 200 Å². The lowest BCUT2D eigenvalue weighted by Crippen LogP contribution is -2.51. The SMILES string of the molecule is CC(C)CCCCCCCCCCCC(=O)OC(CCCCCCCCCCCC(C)C)CC(=O)N[C@@H](C)C(=O)N[C@@H](CO)C(=O)O. The van der Waals surface area contributed by atoms with E-state index in [0.717, 1.165) is 50.4 Å². The number of ether oxygens (including phenoxy) is 1. The van der Waals surface area contributed by atoms with Crippen molar-refractivity contribution in [2.24, 2.45) is 11.8 Å². The molecule has 1 unspecified atom stereocenters. The molecule has 276 valence electrons. The molecule has 2 amide bonds. The van der Waals surface area contributed by atoms with Crippen LogP contribution in [0.25, 0.3) is 0 Å². The summed E-state index contributed by atoms with van der Waals surface area (Å²) in [5.74, 6) is -1.23. The average Bonchev–Trinajstić information content (AvgIpc) is 3.00. The first-order valence-electron chi connectivity index (χ1n) is 19.1. The maximum atomic E-state index is 12.8. The van der Waals surface area contributed by atoms with Crippen LogP contribution in [-0.2, 0) is 23.9 Å². The van der Waals surface area contributed by atoms with Crippen LogP contribution in [-0.4, -0.2) is 58.8 Å². The first-order chi connectivity index (χ1) is 22.5. The van der Waals surface area contributed by atoms with Crippen LogP contribution in [0.3, 0.4) is 0 Å². The molecule has 3 atom stereocenters. The molecule has 0 heterocycles. The summed E-state index contributed by atoms with van der Waals surface area (Å²) in [6.07, 6.45) is 24.1. The summed E-state index contributed by atoms with van der Waals surface area (Å²) in [5, 5.41) is 23.0. The predicted molar refractivity (Wildman–Crippen MR) is 190 cm³/mol. The number of hydrogen-bond donors (Lipinski definition) is 4. The first-order valence-corrected chi connectivity index (χ1v) is 19.1. The van der Waals surface area contributed by atoms with E-state index in [4.69, 9.17) is 14.9 Å². The normalized spacial score (nSPS) is 13.4. The highest BCUT2D eigenvalue weighted by molar-refractivity contribution is 5.90. The Morgan fingerprint density at radius 3 is 1.38 bits per heavy atom. The van der Waals surface area contributed by atoms with Crippen molar-refractivity contribution in [3.8, 4) is 0 Å². The molecule has 47 heavy (non-hydrogen) atoms. The molecule has 0 aliphatic carbocycles. The van der Waals surface area contributed by atoms with E-state index in [9.17, 15) is 19.2 Å².